The number of aryl methyl sites for hydroxylation is 1. The molecule has 0 aromatic carbocycles. The van der Waals surface area contributed by atoms with Crippen molar-refractivity contribution in [3.8, 4) is 0 Å². The fraction of sp³-hybridized carbons (Fsp3) is 0.636. The van der Waals surface area contributed by atoms with Crippen LogP contribution in [-0.2, 0) is 36.1 Å². The Bertz CT molecular complexity index is 1000. The smallest absolute Gasteiger partial charge is 0.352 e. The monoisotopic (exact) mass is 480 g/mol. The van der Waals surface area contributed by atoms with Gasteiger partial charge in [0.05, 0.1) is 12.7 Å². The van der Waals surface area contributed by atoms with Crippen molar-refractivity contribution in [3.63, 3.8) is 0 Å². The van der Waals surface area contributed by atoms with Gasteiger partial charge >= 0.3 is 29.2 Å². The molecule has 1 aromatic heterocycles. The highest BCUT2D eigenvalue weighted by atomic mass is 31.3. The second kappa shape index (κ2) is 9.04. The van der Waals surface area contributed by atoms with Crippen LogP contribution in [0.2, 0.25) is 0 Å². The Morgan fingerprint density at radius 2 is 1.76 bits per heavy atom. The molecule has 29 heavy (non-hydrogen) atoms. The Morgan fingerprint density at radius 3 is 2.38 bits per heavy atom. The van der Waals surface area contributed by atoms with E-state index < -0.39 is 53.7 Å². The van der Waals surface area contributed by atoms with Crippen LogP contribution in [0.4, 0.5) is 0 Å². The van der Waals surface area contributed by atoms with E-state index in [0.29, 0.717) is 13.5 Å². The molecule has 5 atom stereocenters. The molecule has 18 heteroatoms. The van der Waals surface area contributed by atoms with Crippen molar-refractivity contribution in [3.05, 3.63) is 32.6 Å². The van der Waals surface area contributed by atoms with Crippen LogP contribution in [0.5, 0.6) is 0 Å². The van der Waals surface area contributed by atoms with Gasteiger partial charge in [-0.3, -0.25) is 23.4 Å². The molecule has 166 valence electrons. The number of nitrogens with zero attached hydrogens (tertiary/aromatic N) is 1. The van der Waals surface area contributed by atoms with Gasteiger partial charge in [-0.2, -0.15) is 8.62 Å². The average molecular weight is 480 g/mol. The molecule has 1 aliphatic heterocycles. The minimum atomic E-state index is -5.49. The van der Waals surface area contributed by atoms with Crippen LogP contribution >= 0.6 is 23.5 Å². The van der Waals surface area contributed by atoms with E-state index >= 15 is 0 Å². The lowest BCUT2D eigenvalue weighted by Crippen LogP contribution is -2.33. The third kappa shape index (κ3) is 7.06. The van der Waals surface area contributed by atoms with Gasteiger partial charge in [-0.25, -0.2) is 18.5 Å². The predicted molar refractivity (Wildman–Crippen MR) is 93.8 cm³/mol. The van der Waals surface area contributed by atoms with Crippen molar-refractivity contribution >= 4 is 23.5 Å². The molecule has 2 rings (SSSR count). The number of hydrogen-bond donors (Lipinski definition) is 4. The molecule has 2 heterocycles. The summed E-state index contributed by atoms with van der Waals surface area (Å²) in [6.07, 6.45) is 0.305. The molecule has 1 aromatic rings. The molecule has 0 spiro atoms. The molecule has 1 saturated heterocycles. The SMILES string of the molecule is COP(=O)(O)OP(=O)(O)OP(=O)(O)OC[C@@H]1CC[C@H](n2cc(C)c(=O)[nH]c2=O)O1. The van der Waals surface area contributed by atoms with Crippen molar-refractivity contribution in [2.75, 3.05) is 13.7 Å². The molecule has 4 N–H and O–H groups in total. The van der Waals surface area contributed by atoms with Crippen molar-refractivity contribution in [2.24, 2.45) is 0 Å². The molecular weight excluding hydrogens is 461 g/mol. The predicted octanol–water partition coefficient (Wildman–Crippen LogP) is 0.520. The van der Waals surface area contributed by atoms with Crippen LogP contribution in [-0.4, -0.2) is 44.1 Å². The van der Waals surface area contributed by atoms with Gasteiger partial charge < -0.3 is 19.4 Å². The van der Waals surface area contributed by atoms with Crippen molar-refractivity contribution < 1.29 is 50.8 Å². The average Bonchev–Trinajstić information content (AvgIpc) is 3.03. The summed E-state index contributed by atoms with van der Waals surface area (Å²) in [7, 11) is -15.0. The number of aromatic nitrogens is 2. The van der Waals surface area contributed by atoms with Crippen LogP contribution in [0, 0.1) is 6.92 Å². The Hall–Kier alpha value is -0.950. The second-order valence-electron chi connectivity index (χ2n) is 5.82. The van der Waals surface area contributed by atoms with E-state index in [1.807, 2.05) is 0 Å². The molecule has 0 radical (unpaired) electrons. The molecule has 1 fully saturated rings. The van der Waals surface area contributed by atoms with Crippen molar-refractivity contribution in [2.45, 2.75) is 32.1 Å². The number of ether oxygens (including phenoxy) is 1. The van der Waals surface area contributed by atoms with Gasteiger partial charge in [0.25, 0.3) is 5.56 Å². The summed E-state index contributed by atoms with van der Waals surface area (Å²) in [5, 5.41) is 0. The Morgan fingerprint density at radius 1 is 1.14 bits per heavy atom. The third-order valence-electron chi connectivity index (χ3n) is 3.61. The third-order valence-corrected chi connectivity index (χ3v) is 7.85. The summed E-state index contributed by atoms with van der Waals surface area (Å²) in [6, 6.07) is 0. The topological polar surface area (TPSA) is 213 Å². The minimum absolute atomic E-state index is 0.275. The lowest BCUT2D eigenvalue weighted by Gasteiger charge is -2.19. The van der Waals surface area contributed by atoms with Crippen LogP contribution in [0.3, 0.4) is 0 Å². The molecule has 0 amide bonds. The van der Waals surface area contributed by atoms with E-state index in [0.717, 1.165) is 4.57 Å². The number of aromatic amines is 1. The summed E-state index contributed by atoms with van der Waals surface area (Å²) in [6.45, 7) is 0.913. The Kier molecular flexibility index (Phi) is 7.59. The zero-order chi connectivity index (χ0) is 22.0. The first-order valence-corrected chi connectivity index (χ1v) is 12.3. The summed E-state index contributed by atoms with van der Waals surface area (Å²) in [5.41, 5.74) is -0.968. The highest BCUT2D eigenvalue weighted by Crippen LogP contribution is 2.67. The zero-order valence-corrected chi connectivity index (χ0v) is 17.7. The molecule has 0 aliphatic carbocycles. The van der Waals surface area contributed by atoms with Gasteiger partial charge in [0.2, 0.25) is 0 Å². The van der Waals surface area contributed by atoms with Crippen LogP contribution < -0.4 is 11.2 Å². The second-order valence-corrected chi connectivity index (χ2v) is 10.6. The van der Waals surface area contributed by atoms with E-state index in [1.165, 1.54) is 13.1 Å². The summed E-state index contributed by atoms with van der Waals surface area (Å²) < 4.78 is 57.2. The summed E-state index contributed by atoms with van der Waals surface area (Å²) in [4.78, 5) is 53.1. The highest BCUT2D eigenvalue weighted by Gasteiger charge is 2.42. The first-order valence-electron chi connectivity index (χ1n) is 7.82. The van der Waals surface area contributed by atoms with Gasteiger partial charge in [-0.1, -0.05) is 0 Å². The number of nitrogens with one attached hydrogen (secondary N) is 1. The van der Waals surface area contributed by atoms with Gasteiger partial charge in [-0.15, -0.1) is 0 Å². The Balaban J connectivity index is 1.95. The summed E-state index contributed by atoms with van der Waals surface area (Å²) in [5.74, 6) is 0. The molecule has 0 bridgehead atoms. The largest absolute Gasteiger partial charge is 0.490 e. The molecule has 0 saturated carbocycles. The van der Waals surface area contributed by atoms with Gasteiger partial charge in [-0.05, 0) is 19.8 Å². The zero-order valence-electron chi connectivity index (χ0n) is 15.1. The molecule has 15 nitrogen and oxygen atoms in total. The highest BCUT2D eigenvalue weighted by molar-refractivity contribution is 7.66. The van der Waals surface area contributed by atoms with E-state index in [4.69, 9.17) is 9.63 Å². The Labute approximate surface area is 163 Å². The van der Waals surface area contributed by atoms with Crippen molar-refractivity contribution in [1.29, 1.82) is 0 Å². The van der Waals surface area contributed by atoms with E-state index in [9.17, 15) is 33.1 Å². The summed E-state index contributed by atoms with van der Waals surface area (Å²) >= 11 is 0. The first-order chi connectivity index (χ1) is 13.2. The number of rotatable bonds is 9. The maximum atomic E-state index is 11.9. The molecule has 3 unspecified atom stereocenters. The maximum Gasteiger partial charge on any atom is 0.490 e. The van der Waals surface area contributed by atoms with E-state index in [2.05, 4.69) is 22.7 Å². The number of H-pyrrole nitrogens is 1. The normalized spacial score (nSPS) is 25.8. The van der Waals surface area contributed by atoms with Crippen LogP contribution in [0.15, 0.2) is 15.8 Å². The molecule has 1 aliphatic rings. The van der Waals surface area contributed by atoms with Crippen molar-refractivity contribution in [1.82, 2.24) is 9.55 Å². The molecular formula is C11H19N2O13P3. The number of hydrogen-bond acceptors (Lipinski definition) is 10. The standard InChI is InChI=1S/C11H19N2O13P3/c1-7-5-13(11(15)12-10(7)14)9-4-3-8(24-9)6-23-28(18,19)26-29(20,21)25-27(16,17)22-2/h5,8-9H,3-4,6H2,1-2H3,(H,16,17)(H,18,19)(H,20,21)(H,12,14,15)/t8-,9+/m0/s1. The van der Waals surface area contributed by atoms with E-state index in [-0.39, 0.29) is 12.0 Å². The number of phosphoric acid groups is 3. The van der Waals surface area contributed by atoms with Crippen LogP contribution in [0.1, 0.15) is 24.6 Å². The van der Waals surface area contributed by atoms with Crippen LogP contribution in [0.25, 0.3) is 0 Å². The van der Waals surface area contributed by atoms with Gasteiger partial charge in [0.15, 0.2) is 0 Å². The fourth-order valence-electron chi connectivity index (χ4n) is 2.32. The lowest BCUT2D eigenvalue weighted by atomic mass is 10.2. The quantitative estimate of drug-likeness (QED) is 0.355. The number of phosphoric ester groups is 2. The van der Waals surface area contributed by atoms with Gasteiger partial charge in [0.1, 0.15) is 6.23 Å². The lowest BCUT2D eigenvalue weighted by molar-refractivity contribution is -0.0244. The maximum absolute atomic E-state index is 11.9. The first kappa shape index (κ1) is 24.3. The van der Waals surface area contributed by atoms with E-state index in [1.54, 1.807) is 0 Å². The fourth-order valence-corrected chi connectivity index (χ4v) is 5.61. The van der Waals surface area contributed by atoms with Gasteiger partial charge in [0, 0.05) is 18.9 Å². The minimum Gasteiger partial charge on any atom is -0.352 e.